The lowest BCUT2D eigenvalue weighted by Gasteiger charge is -2.36. The van der Waals surface area contributed by atoms with Crippen molar-refractivity contribution in [1.29, 1.82) is 0 Å². The fourth-order valence-electron chi connectivity index (χ4n) is 6.92. The van der Waals surface area contributed by atoms with Crippen LogP contribution >= 0.6 is 11.8 Å². The summed E-state index contributed by atoms with van der Waals surface area (Å²) in [5, 5.41) is 28.6. The summed E-state index contributed by atoms with van der Waals surface area (Å²) < 4.78 is 14.9. The summed E-state index contributed by atoms with van der Waals surface area (Å²) in [5.74, 6) is 0.576. The number of hydrogen-bond donors (Lipinski definition) is 4. The Balaban J connectivity index is 0.908. The highest BCUT2D eigenvalue weighted by atomic mass is 32.2. The minimum absolute atomic E-state index is 0.0126. The second-order valence-electron chi connectivity index (χ2n) is 14.5. The van der Waals surface area contributed by atoms with Crippen LogP contribution in [0.2, 0.25) is 0 Å². The van der Waals surface area contributed by atoms with Crippen LogP contribution in [0.25, 0.3) is 16.8 Å². The molecule has 304 valence electrons. The second kappa shape index (κ2) is 20.7. The minimum Gasteiger partial charge on any atom is -0.397 e. The highest BCUT2D eigenvalue weighted by Gasteiger charge is 2.33. The Hall–Kier alpha value is -5.86. The number of aliphatic hydroxyl groups excluding tert-OH is 1. The molecule has 3 unspecified atom stereocenters. The van der Waals surface area contributed by atoms with Crippen molar-refractivity contribution < 1.29 is 24.2 Å². The number of carbonyl (C=O) groups is 2. The number of para-hydroxylation sites is 3. The van der Waals surface area contributed by atoms with Gasteiger partial charge >= 0.3 is 0 Å². The number of hydrogen-bond acceptors (Lipinski definition) is 10. The molecule has 5 aromatic carbocycles. The minimum atomic E-state index is -0.600. The van der Waals surface area contributed by atoms with E-state index in [-0.39, 0.29) is 30.6 Å². The molecule has 2 heterocycles. The second-order valence-corrected chi connectivity index (χ2v) is 15.5. The molecule has 12 nitrogen and oxygen atoms in total. The SMILES string of the molecule is Nc1ccccc1NC(=O)CCCCCCC(=O)NCc1cccc(-c2ccc(C3OC(CSc4nnnn4-c4ccccc4)CC(c4ccc(CO)cc4)O3)cc2)c1. The third kappa shape index (κ3) is 11.6. The summed E-state index contributed by atoms with van der Waals surface area (Å²) in [6.07, 6.45) is 3.81. The summed E-state index contributed by atoms with van der Waals surface area (Å²) >= 11 is 1.54. The summed E-state index contributed by atoms with van der Waals surface area (Å²) in [7, 11) is 0. The van der Waals surface area contributed by atoms with Crippen LogP contribution in [0.15, 0.2) is 133 Å². The number of nitrogens with one attached hydrogen (secondary N) is 2. The van der Waals surface area contributed by atoms with Gasteiger partial charge in [0.1, 0.15) is 0 Å². The normalized spacial score (nSPS) is 16.4. The van der Waals surface area contributed by atoms with Gasteiger partial charge in [0.25, 0.3) is 0 Å². The topological polar surface area (TPSA) is 167 Å². The first kappa shape index (κ1) is 41.3. The van der Waals surface area contributed by atoms with Crippen LogP contribution in [-0.2, 0) is 32.2 Å². The zero-order valence-electron chi connectivity index (χ0n) is 32.8. The molecule has 7 rings (SSSR count). The molecule has 59 heavy (non-hydrogen) atoms. The number of benzene rings is 5. The molecule has 1 aliphatic rings. The van der Waals surface area contributed by atoms with Gasteiger partial charge in [-0.25, -0.2) is 0 Å². The molecule has 0 bridgehead atoms. The number of aliphatic hydroxyl groups is 1. The molecule has 5 N–H and O–H groups in total. The smallest absolute Gasteiger partial charge is 0.224 e. The number of tetrazole rings is 1. The van der Waals surface area contributed by atoms with Crippen LogP contribution in [-0.4, -0.2) is 49.0 Å². The highest BCUT2D eigenvalue weighted by Crippen LogP contribution is 2.40. The molecular weight excluding hydrogens is 763 g/mol. The predicted octanol–water partition coefficient (Wildman–Crippen LogP) is 8.34. The number of aromatic nitrogens is 4. The van der Waals surface area contributed by atoms with Gasteiger partial charge in [-0.15, -0.1) is 5.10 Å². The number of nitrogen functional groups attached to an aromatic ring is 1. The van der Waals surface area contributed by atoms with E-state index in [0.29, 0.717) is 48.1 Å². The summed E-state index contributed by atoms with van der Waals surface area (Å²) in [6, 6.07) is 41.3. The van der Waals surface area contributed by atoms with Gasteiger partial charge < -0.3 is 30.9 Å². The van der Waals surface area contributed by atoms with E-state index in [0.717, 1.165) is 64.8 Å². The van der Waals surface area contributed by atoms with Crippen LogP contribution in [0.3, 0.4) is 0 Å². The van der Waals surface area contributed by atoms with Gasteiger partial charge in [-0.1, -0.05) is 122 Å². The van der Waals surface area contributed by atoms with E-state index in [1.54, 1.807) is 28.6 Å². The lowest BCUT2D eigenvalue weighted by Crippen LogP contribution is -2.31. The number of anilines is 2. The summed E-state index contributed by atoms with van der Waals surface area (Å²) in [4.78, 5) is 24.9. The molecule has 0 aliphatic carbocycles. The van der Waals surface area contributed by atoms with Gasteiger partial charge in [0.2, 0.25) is 17.0 Å². The fraction of sp³-hybridized carbons (Fsp3) is 0.283. The Morgan fingerprint density at radius 1 is 0.763 bits per heavy atom. The lowest BCUT2D eigenvalue weighted by atomic mass is 9.99. The van der Waals surface area contributed by atoms with Gasteiger partial charge in [0.15, 0.2) is 6.29 Å². The maximum absolute atomic E-state index is 12.6. The quantitative estimate of drug-likeness (QED) is 0.0377. The first-order chi connectivity index (χ1) is 28.9. The van der Waals surface area contributed by atoms with Gasteiger partial charge in [-0.2, -0.15) is 4.68 Å². The van der Waals surface area contributed by atoms with Crippen LogP contribution in [0, 0.1) is 0 Å². The molecule has 1 saturated heterocycles. The number of amides is 2. The number of unbranched alkanes of at least 4 members (excludes halogenated alkanes) is 3. The van der Waals surface area contributed by atoms with Crippen molar-refractivity contribution in [3.8, 4) is 16.8 Å². The van der Waals surface area contributed by atoms with Crippen LogP contribution in [0.4, 0.5) is 11.4 Å². The number of carbonyl (C=O) groups excluding carboxylic acids is 2. The van der Waals surface area contributed by atoms with E-state index in [1.807, 2.05) is 91.0 Å². The predicted molar refractivity (Wildman–Crippen MR) is 229 cm³/mol. The third-order valence-electron chi connectivity index (χ3n) is 10.2. The molecule has 1 aliphatic heterocycles. The van der Waals surface area contributed by atoms with Crippen molar-refractivity contribution in [2.45, 2.75) is 81.8 Å². The molecule has 1 aromatic heterocycles. The molecule has 3 atom stereocenters. The Morgan fingerprint density at radius 2 is 1.49 bits per heavy atom. The van der Waals surface area contributed by atoms with E-state index >= 15 is 0 Å². The van der Waals surface area contributed by atoms with Crippen molar-refractivity contribution in [3.63, 3.8) is 0 Å². The average Bonchev–Trinajstić information content (AvgIpc) is 3.76. The Kier molecular flexibility index (Phi) is 14.5. The van der Waals surface area contributed by atoms with Gasteiger partial charge in [0, 0.05) is 37.1 Å². The molecule has 1 fully saturated rings. The highest BCUT2D eigenvalue weighted by molar-refractivity contribution is 7.99. The first-order valence-corrected chi connectivity index (χ1v) is 21.0. The maximum atomic E-state index is 12.6. The zero-order valence-corrected chi connectivity index (χ0v) is 33.6. The lowest BCUT2D eigenvalue weighted by molar-refractivity contribution is -0.245. The molecule has 2 amide bonds. The number of nitrogens with zero attached hydrogens (tertiary/aromatic N) is 4. The molecular formula is C46H49N7O5S. The van der Waals surface area contributed by atoms with Crippen molar-refractivity contribution in [2.75, 3.05) is 16.8 Å². The van der Waals surface area contributed by atoms with Crippen molar-refractivity contribution in [2.24, 2.45) is 0 Å². The van der Waals surface area contributed by atoms with E-state index in [9.17, 15) is 14.7 Å². The van der Waals surface area contributed by atoms with Gasteiger partial charge in [-0.3, -0.25) is 9.59 Å². The Morgan fingerprint density at radius 3 is 2.25 bits per heavy atom. The molecule has 13 heteroatoms. The van der Waals surface area contributed by atoms with E-state index < -0.39 is 6.29 Å². The van der Waals surface area contributed by atoms with Crippen LogP contribution in [0.1, 0.15) is 79.6 Å². The average molecular weight is 812 g/mol. The van der Waals surface area contributed by atoms with E-state index in [4.69, 9.17) is 15.2 Å². The van der Waals surface area contributed by atoms with Crippen LogP contribution < -0.4 is 16.4 Å². The van der Waals surface area contributed by atoms with Crippen LogP contribution in [0.5, 0.6) is 0 Å². The Labute approximate surface area is 348 Å². The number of ether oxygens (including phenoxy) is 2. The number of rotatable bonds is 18. The third-order valence-corrected chi connectivity index (χ3v) is 11.2. The largest absolute Gasteiger partial charge is 0.397 e. The monoisotopic (exact) mass is 811 g/mol. The zero-order chi connectivity index (χ0) is 40.8. The fourth-order valence-corrected chi connectivity index (χ4v) is 7.83. The molecule has 0 radical (unpaired) electrons. The standard InChI is InChI=1S/C46H49N7O5S/c47-40-15-8-9-16-41(40)49-44(56)18-7-2-1-6-17-43(55)48-29-33-11-10-12-37(27-33)34-23-25-36(26-24-34)45-57-39(28-42(58-45)35-21-19-32(30-54)20-22-35)31-59-46-50-51-52-53(46)38-13-4-3-5-14-38/h3-5,8-16,19-27,39,42,45,54H,1-2,6-7,17-18,28-31,47H2,(H,48,55)(H,49,56). The molecule has 0 saturated carbocycles. The first-order valence-electron chi connectivity index (χ1n) is 20.0. The van der Waals surface area contributed by atoms with Crippen molar-refractivity contribution >= 4 is 35.0 Å². The summed E-state index contributed by atoms with van der Waals surface area (Å²) in [6.45, 7) is 0.421. The van der Waals surface area contributed by atoms with Gasteiger partial charge in [-0.05, 0) is 81.4 Å². The number of nitrogens with two attached hydrogens (primary N) is 1. The van der Waals surface area contributed by atoms with Gasteiger partial charge in [0.05, 0.1) is 35.9 Å². The maximum Gasteiger partial charge on any atom is 0.224 e. The van der Waals surface area contributed by atoms with E-state index in [2.05, 4.69) is 50.4 Å². The molecule has 6 aromatic rings. The van der Waals surface area contributed by atoms with Crippen molar-refractivity contribution in [3.05, 3.63) is 150 Å². The van der Waals surface area contributed by atoms with Crippen molar-refractivity contribution in [1.82, 2.24) is 25.5 Å². The number of thioether (sulfide) groups is 1. The Bertz CT molecular complexity index is 2270. The van der Waals surface area contributed by atoms with E-state index in [1.165, 1.54) is 0 Å². The summed E-state index contributed by atoms with van der Waals surface area (Å²) in [5.41, 5.74) is 13.8. The molecule has 0 spiro atoms.